The van der Waals surface area contributed by atoms with Gasteiger partial charge in [0, 0.05) is 41.8 Å². The number of aromatic nitrogens is 3. The Morgan fingerprint density at radius 1 is 0.923 bits per heavy atom. The van der Waals surface area contributed by atoms with Crippen molar-refractivity contribution >= 4 is 40.5 Å². The van der Waals surface area contributed by atoms with Crippen molar-refractivity contribution in [1.82, 2.24) is 30.9 Å². The summed E-state index contributed by atoms with van der Waals surface area (Å²) in [5.41, 5.74) is 12.8. The summed E-state index contributed by atoms with van der Waals surface area (Å²) in [5, 5.41) is 26.5. The summed E-state index contributed by atoms with van der Waals surface area (Å²) in [7, 11) is 0. The number of hydrogen-bond donors (Lipinski definition) is 9. The quantitative estimate of drug-likeness (QED) is 0.103. The lowest BCUT2D eigenvalue weighted by Crippen LogP contribution is -2.58. The highest BCUT2D eigenvalue weighted by Crippen LogP contribution is 2.19. The predicted molar refractivity (Wildman–Crippen MR) is 137 cm³/mol. The number of H-pyrrole nitrogens is 2. The first kappa shape index (κ1) is 28.8. The number of carbonyl (C=O) groups excluding carboxylic acids is 4. The highest BCUT2D eigenvalue weighted by atomic mass is 16.4. The zero-order chi connectivity index (χ0) is 28.5. The Balaban J connectivity index is 1.86. The van der Waals surface area contributed by atoms with Crippen LogP contribution in [0.25, 0.3) is 10.9 Å². The summed E-state index contributed by atoms with van der Waals surface area (Å²) in [5.74, 6) is -4.75. The molecule has 15 nitrogen and oxygen atoms in total. The Morgan fingerprint density at radius 3 is 2.18 bits per heavy atom. The van der Waals surface area contributed by atoms with Gasteiger partial charge in [0.2, 0.25) is 23.6 Å². The second-order valence-electron chi connectivity index (χ2n) is 8.83. The number of para-hydroxylation sites is 1. The van der Waals surface area contributed by atoms with Gasteiger partial charge in [0.25, 0.3) is 0 Å². The Kier molecular flexibility index (Phi) is 9.72. The van der Waals surface area contributed by atoms with Crippen LogP contribution in [-0.2, 0) is 36.8 Å². The second kappa shape index (κ2) is 13.2. The number of benzene rings is 1. The van der Waals surface area contributed by atoms with Crippen molar-refractivity contribution in [3.8, 4) is 0 Å². The number of carboxylic acid groups (broad SMARTS) is 1. The molecule has 2 aromatic heterocycles. The fraction of sp³-hybridized carbons (Fsp3) is 0.333. The molecule has 39 heavy (non-hydrogen) atoms. The molecule has 0 aliphatic rings. The average molecular weight is 543 g/mol. The van der Waals surface area contributed by atoms with E-state index in [1.54, 1.807) is 12.3 Å². The number of aliphatic hydroxyl groups excluding tert-OH is 1. The van der Waals surface area contributed by atoms with Gasteiger partial charge in [-0.3, -0.25) is 19.2 Å². The molecule has 0 aliphatic heterocycles. The van der Waals surface area contributed by atoms with E-state index < -0.39 is 66.8 Å². The number of carbonyl (C=O) groups is 5. The zero-order valence-electron chi connectivity index (χ0n) is 20.7. The normalized spacial score (nSPS) is 14.1. The van der Waals surface area contributed by atoms with Crippen molar-refractivity contribution < 1.29 is 34.2 Å². The standard InChI is InChI=1S/C24H30N8O7/c25-15(7-20(26)34)21(35)30-17(5-12-8-28-16-4-2-1-3-14(12)16)22(36)31-18(6-13-9-27-11-29-13)23(37)32-19(10-33)24(38)39/h1-4,8-9,11,15,17-19,28,33H,5-7,10,25H2,(H2,26,34)(H,27,29)(H,30,35)(H,31,36)(H,32,37)(H,38,39). The summed E-state index contributed by atoms with van der Waals surface area (Å²) in [6.07, 6.45) is 3.88. The molecule has 4 unspecified atom stereocenters. The number of nitrogens with two attached hydrogens (primary N) is 2. The SMILES string of the molecule is NC(=O)CC(N)C(=O)NC(Cc1c[nH]c2ccccc12)C(=O)NC(Cc1cnc[nH]1)C(=O)NC(CO)C(=O)O. The molecule has 208 valence electrons. The van der Waals surface area contributed by atoms with Crippen LogP contribution in [-0.4, -0.2) is 85.5 Å². The van der Waals surface area contributed by atoms with Gasteiger partial charge in [0.15, 0.2) is 0 Å². The van der Waals surface area contributed by atoms with Gasteiger partial charge in [0.1, 0.15) is 18.1 Å². The number of carboxylic acids is 1. The van der Waals surface area contributed by atoms with E-state index in [0.717, 1.165) is 10.9 Å². The minimum atomic E-state index is -1.60. The molecule has 3 rings (SSSR count). The number of aliphatic carboxylic acids is 1. The van der Waals surface area contributed by atoms with E-state index in [0.29, 0.717) is 11.3 Å². The molecule has 0 saturated heterocycles. The minimum Gasteiger partial charge on any atom is -0.480 e. The van der Waals surface area contributed by atoms with Crippen LogP contribution in [0.15, 0.2) is 43.0 Å². The zero-order valence-corrected chi connectivity index (χ0v) is 20.7. The summed E-state index contributed by atoms with van der Waals surface area (Å²) >= 11 is 0. The highest BCUT2D eigenvalue weighted by Gasteiger charge is 2.31. The molecule has 0 fully saturated rings. The van der Waals surface area contributed by atoms with E-state index in [1.807, 2.05) is 18.2 Å². The third-order valence-electron chi connectivity index (χ3n) is 5.90. The van der Waals surface area contributed by atoms with Crippen molar-refractivity contribution in [2.75, 3.05) is 6.61 Å². The number of imidazole rings is 1. The number of rotatable bonds is 14. The summed E-state index contributed by atoms with van der Waals surface area (Å²) < 4.78 is 0. The first-order valence-electron chi connectivity index (χ1n) is 11.9. The number of aromatic amines is 2. The number of fused-ring (bicyclic) bond motifs is 1. The molecule has 0 aliphatic carbocycles. The maximum Gasteiger partial charge on any atom is 0.328 e. The lowest BCUT2D eigenvalue weighted by molar-refractivity contribution is -0.143. The van der Waals surface area contributed by atoms with Gasteiger partial charge in [-0.05, 0) is 11.6 Å². The van der Waals surface area contributed by atoms with Crippen LogP contribution in [0.2, 0.25) is 0 Å². The smallest absolute Gasteiger partial charge is 0.328 e. The fourth-order valence-electron chi connectivity index (χ4n) is 3.87. The molecule has 0 bridgehead atoms. The number of amides is 4. The first-order valence-corrected chi connectivity index (χ1v) is 11.9. The van der Waals surface area contributed by atoms with Crippen LogP contribution in [0.5, 0.6) is 0 Å². The van der Waals surface area contributed by atoms with Crippen LogP contribution in [0, 0.1) is 0 Å². The van der Waals surface area contributed by atoms with Crippen molar-refractivity contribution in [2.45, 2.75) is 43.4 Å². The van der Waals surface area contributed by atoms with Gasteiger partial charge in [-0.15, -0.1) is 0 Å². The third kappa shape index (κ3) is 7.86. The lowest BCUT2D eigenvalue weighted by atomic mass is 10.0. The van der Waals surface area contributed by atoms with Gasteiger partial charge in [-0.25, -0.2) is 9.78 Å². The fourth-order valence-corrected chi connectivity index (χ4v) is 3.87. The minimum absolute atomic E-state index is 0.0162. The van der Waals surface area contributed by atoms with Crippen LogP contribution >= 0.6 is 0 Å². The van der Waals surface area contributed by atoms with Crippen molar-refractivity contribution in [3.63, 3.8) is 0 Å². The molecule has 15 heteroatoms. The Bertz CT molecular complexity index is 1320. The predicted octanol–water partition coefficient (Wildman–Crippen LogP) is -2.59. The second-order valence-corrected chi connectivity index (χ2v) is 8.83. The molecule has 4 atom stereocenters. The number of nitrogens with one attached hydrogen (secondary N) is 5. The van der Waals surface area contributed by atoms with Crippen LogP contribution in [0.1, 0.15) is 17.7 Å². The van der Waals surface area contributed by atoms with Crippen molar-refractivity contribution in [3.05, 3.63) is 54.2 Å². The third-order valence-corrected chi connectivity index (χ3v) is 5.90. The molecule has 0 spiro atoms. The van der Waals surface area contributed by atoms with Gasteiger partial charge >= 0.3 is 5.97 Å². The van der Waals surface area contributed by atoms with Crippen LogP contribution in [0.3, 0.4) is 0 Å². The first-order chi connectivity index (χ1) is 18.6. The van der Waals surface area contributed by atoms with E-state index in [4.69, 9.17) is 11.5 Å². The van der Waals surface area contributed by atoms with Crippen LogP contribution in [0.4, 0.5) is 0 Å². The van der Waals surface area contributed by atoms with E-state index in [1.165, 1.54) is 12.5 Å². The molecule has 4 amide bonds. The summed E-state index contributed by atoms with van der Waals surface area (Å²) in [6.45, 7) is -0.872. The topological polar surface area (TPSA) is 258 Å². The maximum absolute atomic E-state index is 13.5. The van der Waals surface area contributed by atoms with Gasteiger partial charge in [-0.1, -0.05) is 18.2 Å². The van der Waals surface area contributed by atoms with Gasteiger partial charge in [-0.2, -0.15) is 0 Å². The largest absolute Gasteiger partial charge is 0.480 e. The molecule has 1 aromatic carbocycles. The maximum atomic E-state index is 13.5. The van der Waals surface area contributed by atoms with E-state index in [-0.39, 0.29) is 12.8 Å². The number of primary amides is 1. The molecular formula is C24H30N8O7. The molecule has 11 N–H and O–H groups in total. The highest BCUT2D eigenvalue weighted by molar-refractivity contribution is 5.95. The van der Waals surface area contributed by atoms with Crippen molar-refractivity contribution in [1.29, 1.82) is 0 Å². The summed E-state index contributed by atoms with van der Waals surface area (Å²) in [4.78, 5) is 71.4. The number of hydrogen-bond acceptors (Lipinski definition) is 8. The number of aliphatic hydroxyl groups is 1. The Labute approximate surface area is 221 Å². The van der Waals surface area contributed by atoms with Gasteiger partial charge in [0.05, 0.1) is 25.4 Å². The van der Waals surface area contributed by atoms with E-state index in [2.05, 4.69) is 30.9 Å². The Hall–Kier alpha value is -4.76. The molecule has 3 aromatic rings. The van der Waals surface area contributed by atoms with Gasteiger partial charge < -0.3 is 47.6 Å². The van der Waals surface area contributed by atoms with Crippen molar-refractivity contribution in [2.24, 2.45) is 11.5 Å². The Morgan fingerprint density at radius 2 is 1.56 bits per heavy atom. The number of nitrogens with zero attached hydrogens (tertiary/aromatic N) is 1. The average Bonchev–Trinajstić information content (AvgIpc) is 3.55. The molecule has 2 heterocycles. The summed E-state index contributed by atoms with van der Waals surface area (Å²) in [6, 6.07) is 1.81. The van der Waals surface area contributed by atoms with Crippen LogP contribution < -0.4 is 27.4 Å². The monoisotopic (exact) mass is 542 g/mol. The molecule has 0 radical (unpaired) electrons. The molecule has 0 saturated carbocycles. The molecular weight excluding hydrogens is 512 g/mol. The lowest BCUT2D eigenvalue weighted by Gasteiger charge is -2.24. The van der Waals surface area contributed by atoms with E-state index >= 15 is 0 Å². The van der Waals surface area contributed by atoms with E-state index in [9.17, 15) is 34.2 Å².